The molecule has 0 aliphatic rings. The molecule has 3 N–H and O–H groups in total. The molecule has 0 heterocycles. The summed E-state index contributed by atoms with van der Waals surface area (Å²) in [5.74, 6) is -0.447. The fourth-order valence-electron chi connectivity index (χ4n) is 1.24. The lowest BCUT2D eigenvalue weighted by Crippen LogP contribution is -2.29. The molecule has 0 amide bonds. The van der Waals surface area contributed by atoms with Gasteiger partial charge < -0.3 is 10.8 Å². The Morgan fingerprint density at radius 3 is 2.64 bits per heavy atom. The van der Waals surface area contributed by atoms with Crippen molar-refractivity contribution in [1.82, 2.24) is 0 Å². The molecule has 2 unspecified atom stereocenters. The summed E-state index contributed by atoms with van der Waals surface area (Å²) in [6.45, 7) is 5.59. The van der Waals surface area contributed by atoms with E-state index in [9.17, 15) is 4.79 Å². The van der Waals surface area contributed by atoms with Crippen LogP contribution in [-0.4, -0.2) is 17.1 Å². The summed E-state index contributed by atoms with van der Waals surface area (Å²) in [5.41, 5.74) is 8.10. The molecule has 0 bridgehead atoms. The fraction of sp³-hybridized carbons (Fsp3) is 0.636. The molecule has 80 valence electrons. The average Bonchev–Trinajstić information content (AvgIpc) is 2.12. The third-order valence-electron chi connectivity index (χ3n) is 2.14. The van der Waals surface area contributed by atoms with Gasteiger partial charge in [-0.1, -0.05) is 26.3 Å². The van der Waals surface area contributed by atoms with Crippen molar-refractivity contribution < 1.29 is 9.90 Å². The van der Waals surface area contributed by atoms with Gasteiger partial charge in [0.15, 0.2) is 0 Å². The van der Waals surface area contributed by atoms with Gasteiger partial charge in [0.2, 0.25) is 0 Å². The molecule has 0 saturated carbocycles. The quantitative estimate of drug-likeness (QED) is 0.484. The number of carboxylic acids is 1. The maximum absolute atomic E-state index is 10.4. The van der Waals surface area contributed by atoms with Gasteiger partial charge >= 0.3 is 5.97 Å². The second-order valence-corrected chi connectivity index (χ2v) is 3.58. The molecule has 0 saturated heterocycles. The Hall–Kier alpha value is -1.05. The van der Waals surface area contributed by atoms with E-state index in [1.165, 1.54) is 0 Å². The highest BCUT2D eigenvalue weighted by Gasteiger charge is 2.10. The predicted molar refractivity (Wildman–Crippen MR) is 57.0 cm³/mol. The largest absolute Gasteiger partial charge is 0.480 e. The van der Waals surface area contributed by atoms with Crippen molar-refractivity contribution in [1.29, 1.82) is 0 Å². The molecule has 3 heteroatoms. The highest BCUT2D eigenvalue weighted by molar-refractivity contribution is 5.72. The van der Waals surface area contributed by atoms with E-state index in [-0.39, 0.29) is 0 Å². The van der Waals surface area contributed by atoms with Crippen molar-refractivity contribution in [3.63, 3.8) is 0 Å². The number of aliphatic carboxylic acids is 1. The van der Waals surface area contributed by atoms with Crippen LogP contribution in [-0.2, 0) is 4.79 Å². The fourth-order valence-corrected chi connectivity index (χ4v) is 1.24. The number of rotatable bonds is 7. The van der Waals surface area contributed by atoms with E-state index in [4.69, 9.17) is 10.8 Å². The number of allylic oxidation sites excluding steroid dienone is 1. The zero-order chi connectivity index (χ0) is 11.0. The molecule has 0 rings (SSSR count). The SMILES string of the molecule is C=C=CC(C)CCCCC(N)C(=O)O. The molecule has 0 spiro atoms. The first kappa shape index (κ1) is 12.9. The lowest BCUT2D eigenvalue weighted by molar-refractivity contribution is -0.138. The third-order valence-corrected chi connectivity index (χ3v) is 2.14. The Labute approximate surface area is 85.3 Å². The van der Waals surface area contributed by atoms with Crippen molar-refractivity contribution in [2.24, 2.45) is 11.7 Å². The first-order chi connectivity index (χ1) is 6.57. The smallest absolute Gasteiger partial charge is 0.320 e. The van der Waals surface area contributed by atoms with Crippen LogP contribution >= 0.6 is 0 Å². The zero-order valence-electron chi connectivity index (χ0n) is 8.70. The predicted octanol–water partition coefficient (Wildman–Crippen LogP) is 1.94. The monoisotopic (exact) mass is 197 g/mol. The van der Waals surface area contributed by atoms with Gasteiger partial charge in [-0.25, -0.2) is 0 Å². The number of carboxylic acid groups (broad SMARTS) is 1. The van der Waals surface area contributed by atoms with Crippen molar-refractivity contribution in [2.45, 2.75) is 38.6 Å². The van der Waals surface area contributed by atoms with Crippen LogP contribution in [0.15, 0.2) is 18.4 Å². The van der Waals surface area contributed by atoms with E-state index < -0.39 is 12.0 Å². The van der Waals surface area contributed by atoms with E-state index in [0.717, 1.165) is 19.3 Å². The summed E-state index contributed by atoms with van der Waals surface area (Å²) < 4.78 is 0. The van der Waals surface area contributed by atoms with Crippen LogP contribution in [0.1, 0.15) is 32.6 Å². The molecule has 0 aliphatic heterocycles. The Bertz CT molecular complexity index is 209. The normalized spacial score (nSPS) is 14.1. The molecular formula is C11H19NO2. The number of nitrogens with two attached hydrogens (primary N) is 1. The van der Waals surface area contributed by atoms with Crippen LogP contribution in [0.5, 0.6) is 0 Å². The van der Waals surface area contributed by atoms with Crippen molar-refractivity contribution >= 4 is 5.97 Å². The third kappa shape index (κ3) is 6.46. The highest BCUT2D eigenvalue weighted by atomic mass is 16.4. The van der Waals surface area contributed by atoms with Crippen LogP contribution in [0.2, 0.25) is 0 Å². The topological polar surface area (TPSA) is 63.3 Å². The molecule has 14 heavy (non-hydrogen) atoms. The number of carbonyl (C=O) groups is 1. The van der Waals surface area contributed by atoms with Gasteiger partial charge in [-0.15, -0.1) is 5.73 Å². The molecule has 2 atom stereocenters. The van der Waals surface area contributed by atoms with Crippen molar-refractivity contribution in [2.75, 3.05) is 0 Å². The summed E-state index contributed by atoms with van der Waals surface area (Å²) in [7, 11) is 0. The van der Waals surface area contributed by atoms with E-state index in [1.54, 1.807) is 0 Å². The Kier molecular flexibility index (Phi) is 6.81. The van der Waals surface area contributed by atoms with Gasteiger partial charge in [-0.3, -0.25) is 4.79 Å². The van der Waals surface area contributed by atoms with Crippen LogP contribution in [0.4, 0.5) is 0 Å². The molecule has 0 radical (unpaired) electrons. The minimum Gasteiger partial charge on any atom is -0.480 e. The molecule has 0 aliphatic carbocycles. The zero-order valence-corrected chi connectivity index (χ0v) is 8.70. The molecule has 3 nitrogen and oxygen atoms in total. The Morgan fingerprint density at radius 1 is 1.57 bits per heavy atom. The lowest BCUT2D eigenvalue weighted by Gasteiger charge is -2.07. The van der Waals surface area contributed by atoms with E-state index in [2.05, 4.69) is 19.2 Å². The molecular weight excluding hydrogens is 178 g/mol. The molecule has 0 aromatic heterocycles. The van der Waals surface area contributed by atoms with Crippen LogP contribution in [0, 0.1) is 5.92 Å². The molecule has 0 aromatic rings. The Morgan fingerprint density at radius 2 is 2.14 bits per heavy atom. The van der Waals surface area contributed by atoms with Gasteiger partial charge in [0, 0.05) is 0 Å². The highest BCUT2D eigenvalue weighted by Crippen LogP contribution is 2.10. The maximum Gasteiger partial charge on any atom is 0.320 e. The Balaban J connectivity index is 3.46. The van der Waals surface area contributed by atoms with E-state index >= 15 is 0 Å². The summed E-state index contributed by atoms with van der Waals surface area (Å²) in [5, 5.41) is 8.53. The van der Waals surface area contributed by atoms with E-state index in [1.807, 2.05) is 6.08 Å². The van der Waals surface area contributed by atoms with Gasteiger partial charge in [0.25, 0.3) is 0 Å². The summed E-state index contributed by atoms with van der Waals surface area (Å²) >= 11 is 0. The minimum absolute atomic E-state index is 0.466. The van der Waals surface area contributed by atoms with Crippen molar-refractivity contribution in [3.8, 4) is 0 Å². The van der Waals surface area contributed by atoms with E-state index in [0.29, 0.717) is 12.3 Å². The number of hydrogen-bond acceptors (Lipinski definition) is 2. The second-order valence-electron chi connectivity index (χ2n) is 3.58. The summed E-state index contributed by atoms with van der Waals surface area (Å²) in [4.78, 5) is 10.4. The van der Waals surface area contributed by atoms with Crippen LogP contribution in [0.3, 0.4) is 0 Å². The number of hydrogen-bond donors (Lipinski definition) is 2. The van der Waals surface area contributed by atoms with Gasteiger partial charge in [0.05, 0.1) is 0 Å². The standard InChI is InChI=1S/C11H19NO2/c1-3-6-9(2)7-4-5-8-10(12)11(13)14/h6,9-10H,1,4-5,7-8,12H2,2H3,(H,13,14). The van der Waals surface area contributed by atoms with Crippen LogP contribution in [0.25, 0.3) is 0 Å². The summed E-state index contributed by atoms with van der Waals surface area (Å²) in [6.07, 6.45) is 5.38. The molecule has 0 aromatic carbocycles. The minimum atomic E-state index is -0.913. The maximum atomic E-state index is 10.4. The summed E-state index contributed by atoms with van der Waals surface area (Å²) in [6, 6.07) is -0.708. The lowest BCUT2D eigenvalue weighted by atomic mass is 10.0. The van der Waals surface area contributed by atoms with Crippen molar-refractivity contribution in [3.05, 3.63) is 18.4 Å². The number of unbranched alkanes of at least 4 members (excludes halogenated alkanes) is 1. The van der Waals surface area contributed by atoms with Gasteiger partial charge in [-0.2, -0.15) is 0 Å². The first-order valence-corrected chi connectivity index (χ1v) is 4.92. The van der Waals surface area contributed by atoms with Gasteiger partial charge in [0.1, 0.15) is 6.04 Å². The average molecular weight is 197 g/mol. The van der Waals surface area contributed by atoms with Crippen LogP contribution < -0.4 is 5.73 Å². The second kappa shape index (κ2) is 7.36. The van der Waals surface area contributed by atoms with Gasteiger partial charge in [-0.05, 0) is 24.8 Å². The molecule has 0 fully saturated rings. The first-order valence-electron chi connectivity index (χ1n) is 4.92.